The molecule has 0 heterocycles. The van der Waals surface area contributed by atoms with Crippen molar-refractivity contribution in [2.75, 3.05) is 5.73 Å². The number of nitrogen functional groups attached to an aromatic ring is 1. The normalized spacial score (nSPS) is 16.6. The maximum Gasteiger partial charge on any atom is 0.163 e. The molecule has 2 nitrogen and oxygen atoms in total. The Morgan fingerprint density at radius 3 is 2.69 bits per heavy atom. The van der Waals surface area contributed by atoms with Crippen LogP contribution in [0.3, 0.4) is 0 Å². The predicted molar refractivity (Wildman–Crippen MR) is 66.5 cm³/mol. The minimum atomic E-state index is 0.273. The maximum absolute atomic E-state index is 12.0. The molecule has 2 N–H and O–H groups in total. The molecule has 1 aliphatic carbocycles. The van der Waals surface area contributed by atoms with E-state index in [-0.39, 0.29) is 5.78 Å². The Morgan fingerprint density at radius 2 is 2.06 bits per heavy atom. The molecular formula is C14H19NO. The SMILES string of the molecule is Cc1cc(C(=O)CC2CCCC2)ccc1N. The standard InChI is InChI=1S/C14H19NO/c1-10-8-12(6-7-13(10)15)14(16)9-11-4-2-3-5-11/h6-8,11H,2-5,9,15H2,1H3. The monoisotopic (exact) mass is 217 g/mol. The Hall–Kier alpha value is -1.31. The Balaban J connectivity index is 2.05. The van der Waals surface area contributed by atoms with Crippen LogP contribution < -0.4 is 5.73 Å². The molecular weight excluding hydrogens is 198 g/mol. The third-order valence-electron chi connectivity index (χ3n) is 3.54. The average molecular weight is 217 g/mol. The van der Waals surface area contributed by atoms with E-state index in [1.54, 1.807) is 0 Å². The molecule has 0 unspecified atom stereocenters. The first-order valence-corrected chi connectivity index (χ1v) is 6.06. The number of hydrogen-bond acceptors (Lipinski definition) is 2. The highest BCUT2D eigenvalue weighted by molar-refractivity contribution is 5.96. The van der Waals surface area contributed by atoms with Crippen molar-refractivity contribution in [2.45, 2.75) is 39.0 Å². The second-order valence-corrected chi connectivity index (χ2v) is 4.85. The fraction of sp³-hybridized carbons (Fsp3) is 0.500. The molecule has 86 valence electrons. The summed E-state index contributed by atoms with van der Waals surface area (Å²) in [6, 6.07) is 5.59. The first-order chi connectivity index (χ1) is 7.66. The molecule has 2 heteroatoms. The fourth-order valence-electron chi connectivity index (χ4n) is 2.44. The van der Waals surface area contributed by atoms with Gasteiger partial charge in [0, 0.05) is 17.7 Å². The Labute approximate surface area is 96.8 Å². The smallest absolute Gasteiger partial charge is 0.163 e. The van der Waals surface area contributed by atoms with E-state index in [1.807, 2.05) is 25.1 Å². The van der Waals surface area contributed by atoms with Gasteiger partial charge in [-0.3, -0.25) is 4.79 Å². The van der Waals surface area contributed by atoms with Crippen molar-refractivity contribution in [1.82, 2.24) is 0 Å². The lowest BCUT2D eigenvalue weighted by atomic mass is 9.96. The topological polar surface area (TPSA) is 43.1 Å². The second kappa shape index (κ2) is 4.69. The second-order valence-electron chi connectivity index (χ2n) is 4.85. The van der Waals surface area contributed by atoms with Crippen LogP contribution in [-0.4, -0.2) is 5.78 Å². The molecule has 1 saturated carbocycles. The Bertz CT molecular complexity index is 392. The molecule has 1 aliphatic rings. The zero-order valence-corrected chi connectivity index (χ0v) is 9.83. The first-order valence-electron chi connectivity index (χ1n) is 6.06. The molecule has 0 bridgehead atoms. The van der Waals surface area contributed by atoms with E-state index < -0.39 is 0 Å². The molecule has 0 aromatic heterocycles. The highest BCUT2D eigenvalue weighted by atomic mass is 16.1. The summed E-state index contributed by atoms with van der Waals surface area (Å²) < 4.78 is 0. The molecule has 1 aromatic rings. The molecule has 0 radical (unpaired) electrons. The average Bonchev–Trinajstić information content (AvgIpc) is 2.74. The van der Waals surface area contributed by atoms with Crippen LogP contribution in [0.4, 0.5) is 5.69 Å². The van der Waals surface area contributed by atoms with Gasteiger partial charge < -0.3 is 5.73 Å². The van der Waals surface area contributed by atoms with Gasteiger partial charge in [-0.1, -0.05) is 25.7 Å². The number of nitrogens with two attached hydrogens (primary N) is 1. The van der Waals surface area contributed by atoms with Crippen molar-refractivity contribution >= 4 is 11.5 Å². The summed E-state index contributed by atoms with van der Waals surface area (Å²) in [5, 5.41) is 0. The summed E-state index contributed by atoms with van der Waals surface area (Å²) in [7, 11) is 0. The fourth-order valence-corrected chi connectivity index (χ4v) is 2.44. The lowest BCUT2D eigenvalue weighted by Crippen LogP contribution is -2.06. The Kier molecular flexibility index (Phi) is 3.28. The molecule has 2 rings (SSSR count). The zero-order chi connectivity index (χ0) is 11.5. The van der Waals surface area contributed by atoms with Crippen LogP contribution in [0.25, 0.3) is 0 Å². The summed E-state index contributed by atoms with van der Waals surface area (Å²) in [5.41, 5.74) is 8.32. The van der Waals surface area contributed by atoms with Gasteiger partial charge >= 0.3 is 0 Å². The predicted octanol–water partition coefficient (Wildman–Crippen LogP) is 3.34. The van der Waals surface area contributed by atoms with Crippen LogP contribution in [0, 0.1) is 12.8 Å². The number of Topliss-reactive ketones (excluding diaryl/α,β-unsaturated/α-hetero) is 1. The van der Waals surface area contributed by atoms with Crippen molar-refractivity contribution in [3.05, 3.63) is 29.3 Å². The summed E-state index contributed by atoms with van der Waals surface area (Å²) in [6.45, 7) is 1.95. The molecule has 0 spiro atoms. The van der Waals surface area contributed by atoms with Gasteiger partial charge in [-0.2, -0.15) is 0 Å². The van der Waals surface area contributed by atoms with Crippen LogP contribution in [0.2, 0.25) is 0 Å². The van der Waals surface area contributed by atoms with Crippen LogP contribution in [-0.2, 0) is 0 Å². The van der Waals surface area contributed by atoms with Gasteiger partial charge in [0.05, 0.1) is 0 Å². The number of carbonyl (C=O) groups is 1. The minimum Gasteiger partial charge on any atom is -0.399 e. The highest BCUT2D eigenvalue weighted by Gasteiger charge is 2.19. The van der Waals surface area contributed by atoms with E-state index in [4.69, 9.17) is 5.73 Å². The van der Waals surface area contributed by atoms with Gasteiger partial charge in [-0.25, -0.2) is 0 Å². The third-order valence-corrected chi connectivity index (χ3v) is 3.54. The lowest BCUT2D eigenvalue weighted by molar-refractivity contribution is 0.0962. The van der Waals surface area contributed by atoms with E-state index in [0.29, 0.717) is 12.3 Å². The lowest BCUT2D eigenvalue weighted by Gasteiger charge is -2.08. The van der Waals surface area contributed by atoms with E-state index in [2.05, 4.69) is 0 Å². The number of anilines is 1. The Morgan fingerprint density at radius 1 is 1.38 bits per heavy atom. The van der Waals surface area contributed by atoms with Gasteiger partial charge in [-0.15, -0.1) is 0 Å². The molecule has 1 fully saturated rings. The number of benzene rings is 1. The largest absolute Gasteiger partial charge is 0.399 e. The highest BCUT2D eigenvalue weighted by Crippen LogP contribution is 2.29. The number of hydrogen-bond donors (Lipinski definition) is 1. The number of ketones is 1. The molecule has 0 saturated heterocycles. The van der Waals surface area contributed by atoms with E-state index in [0.717, 1.165) is 16.8 Å². The van der Waals surface area contributed by atoms with Crippen molar-refractivity contribution in [2.24, 2.45) is 5.92 Å². The maximum atomic E-state index is 12.0. The zero-order valence-electron chi connectivity index (χ0n) is 9.83. The third kappa shape index (κ3) is 2.43. The van der Waals surface area contributed by atoms with Crippen molar-refractivity contribution in [3.8, 4) is 0 Å². The quantitative estimate of drug-likeness (QED) is 0.623. The van der Waals surface area contributed by atoms with Gasteiger partial charge in [0.15, 0.2) is 5.78 Å². The first kappa shape index (κ1) is 11.2. The van der Waals surface area contributed by atoms with Crippen molar-refractivity contribution < 1.29 is 4.79 Å². The molecule has 16 heavy (non-hydrogen) atoms. The molecule has 0 amide bonds. The number of aryl methyl sites for hydroxylation is 1. The van der Waals surface area contributed by atoms with Crippen molar-refractivity contribution in [3.63, 3.8) is 0 Å². The molecule has 1 aromatic carbocycles. The van der Waals surface area contributed by atoms with Gasteiger partial charge in [-0.05, 0) is 36.6 Å². The van der Waals surface area contributed by atoms with Gasteiger partial charge in [0.1, 0.15) is 0 Å². The van der Waals surface area contributed by atoms with Crippen LogP contribution in [0.15, 0.2) is 18.2 Å². The van der Waals surface area contributed by atoms with E-state index in [9.17, 15) is 4.79 Å². The molecule has 0 aliphatic heterocycles. The summed E-state index contributed by atoms with van der Waals surface area (Å²) in [4.78, 5) is 12.0. The van der Waals surface area contributed by atoms with Crippen LogP contribution in [0.1, 0.15) is 48.0 Å². The van der Waals surface area contributed by atoms with Crippen molar-refractivity contribution in [1.29, 1.82) is 0 Å². The minimum absolute atomic E-state index is 0.273. The van der Waals surface area contributed by atoms with Gasteiger partial charge in [0.25, 0.3) is 0 Å². The number of carbonyl (C=O) groups excluding carboxylic acids is 1. The van der Waals surface area contributed by atoms with Gasteiger partial charge in [0.2, 0.25) is 0 Å². The van der Waals surface area contributed by atoms with Crippen LogP contribution in [0.5, 0.6) is 0 Å². The number of rotatable bonds is 3. The molecule has 0 atom stereocenters. The van der Waals surface area contributed by atoms with E-state index >= 15 is 0 Å². The summed E-state index contributed by atoms with van der Waals surface area (Å²) in [6.07, 6.45) is 5.74. The van der Waals surface area contributed by atoms with E-state index in [1.165, 1.54) is 25.7 Å². The van der Waals surface area contributed by atoms with Crippen LogP contribution >= 0.6 is 0 Å². The summed E-state index contributed by atoms with van der Waals surface area (Å²) >= 11 is 0. The summed E-state index contributed by atoms with van der Waals surface area (Å²) in [5.74, 6) is 0.889.